The Balaban J connectivity index is 2.28. The van der Waals surface area contributed by atoms with Gasteiger partial charge in [0.1, 0.15) is 10.6 Å². The van der Waals surface area contributed by atoms with Gasteiger partial charge in [0.05, 0.1) is 17.5 Å². The summed E-state index contributed by atoms with van der Waals surface area (Å²) in [4.78, 5) is -0.251. The number of ether oxygens (including phenoxy) is 1. The maximum Gasteiger partial charge on any atom is 0.268 e. The van der Waals surface area contributed by atoms with Gasteiger partial charge < -0.3 is 4.74 Å². The van der Waals surface area contributed by atoms with E-state index in [-0.39, 0.29) is 20.7 Å². The van der Waals surface area contributed by atoms with Crippen LogP contribution in [0.25, 0.3) is 10.9 Å². The van der Waals surface area contributed by atoms with E-state index in [1.54, 1.807) is 12.1 Å². The number of fused-ring (bicyclic) bond motifs is 1. The molecule has 0 saturated carbocycles. The number of rotatable bonds is 4. The van der Waals surface area contributed by atoms with Gasteiger partial charge >= 0.3 is 0 Å². The van der Waals surface area contributed by atoms with Gasteiger partial charge in [0, 0.05) is 22.3 Å². The minimum atomic E-state index is -4.09. The number of benzene rings is 2. The van der Waals surface area contributed by atoms with E-state index in [4.69, 9.17) is 15.4 Å². The first-order valence-corrected chi connectivity index (χ1v) is 10.4. The molecule has 3 aromatic rings. The van der Waals surface area contributed by atoms with E-state index in [1.165, 1.54) is 43.5 Å². The van der Waals surface area contributed by atoms with Crippen molar-refractivity contribution in [2.45, 2.75) is 9.79 Å². The van der Waals surface area contributed by atoms with Crippen LogP contribution in [0.5, 0.6) is 5.75 Å². The Morgan fingerprint density at radius 3 is 2.17 bits per heavy atom. The molecule has 9 heteroatoms. The lowest BCUT2D eigenvalue weighted by molar-refractivity contribution is 0.414. The summed E-state index contributed by atoms with van der Waals surface area (Å²) < 4.78 is 55.2. The van der Waals surface area contributed by atoms with Gasteiger partial charge in [-0.15, -0.1) is 0 Å². The summed E-state index contributed by atoms with van der Waals surface area (Å²) in [6.45, 7) is 0. The van der Waals surface area contributed by atoms with E-state index in [1.807, 2.05) is 0 Å². The highest BCUT2D eigenvalue weighted by Gasteiger charge is 2.25. The Labute approximate surface area is 143 Å². The number of nitrogens with zero attached hydrogens (tertiary/aromatic N) is 1. The summed E-state index contributed by atoms with van der Waals surface area (Å²) in [6, 6.07) is 12.0. The Morgan fingerprint density at radius 1 is 0.958 bits per heavy atom. The Hall–Kier alpha value is -2.03. The Morgan fingerprint density at radius 2 is 1.58 bits per heavy atom. The third kappa shape index (κ3) is 2.77. The van der Waals surface area contributed by atoms with Gasteiger partial charge in [-0.2, -0.15) is 0 Å². The number of methoxy groups -OCH3 is 1. The first-order chi connectivity index (χ1) is 11.2. The lowest BCUT2D eigenvalue weighted by Gasteiger charge is -2.08. The Bertz CT molecular complexity index is 1120. The van der Waals surface area contributed by atoms with Crippen molar-refractivity contribution in [3.05, 3.63) is 54.7 Å². The molecule has 24 heavy (non-hydrogen) atoms. The smallest absolute Gasteiger partial charge is 0.268 e. The maximum atomic E-state index is 12.9. The fourth-order valence-electron chi connectivity index (χ4n) is 2.37. The molecule has 0 aliphatic carbocycles. The monoisotopic (exact) mass is 385 g/mol. The van der Waals surface area contributed by atoms with Gasteiger partial charge in [0.25, 0.3) is 19.1 Å². The highest BCUT2D eigenvalue weighted by molar-refractivity contribution is 8.14. The van der Waals surface area contributed by atoms with E-state index in [0.29, 0.717) is 5.75 Å². The number of hydrogen-bond acceptors (Lipinski definition) is 5. The van der Waals surface area contributed by atoms with Crippen LogP contribution in [0.1, 0.15) is 0 Å². The van der Waals surface area contributed by atoms with E-state index < -0.39 is 19.1 Å². The largest absolute Gasteiger partial charge is 0.497 e. The van der Waals surface area contributed by atoms with Crippen LogP contribution in [0, 0.1) is 0 Å². The molecule has 0 fully saturated rings. The van der Waals surface area contributed by atoms with E-state index in [0.717, 1.165) is 10.2 Å². The summed E-state index contributed by atoms with van der Waals surface area (Å²) >= 11 is 0. The molecule has 3 rings (SSSR count). The van der Waals surface area contributed by atoms with Gasteiger partial charge in [-0.3, -0.25) is 0 Å². The van der Waals surface area contributed by atoms with Crippen molar-refractivity contribution in [3.63, 3.8) is 0 Å². The van der Waals surface area contributed by atoms with Crippen molar-refractivity contribution in [2.75, 3.05) is 7.11 Å². The maximum absolute atomic E-state index is 12.9. The molecule has 126 valence electrons. The molecule has 0 bridgehead atoms. The molecule has 0 aliphatic rings. The van der Waals surface area contributed by atoms with Crippen LogP contribution in [-0.2, 0) is 19.1 Å². The number of para-hydroxylation sites is 1. The second-order valence-corrected chi connectivity index (χ2v) is 9.27. The zero-order valence-corrected chi connectivity index (χ0v) is 14.8. The molecule has 0 saturated heterocycles. The van der Waals surface area contributed by atoms with Crippen molar-refractivity contribution in [2.24, 2.45) is 0 Å². The fraction of sp³-hybridized carbons (Fsp3) is 0.0667. The molecule has 0 aliphatic heterocycles. The van der Waals surface area contributed by atoms with Crippen LogP contribution >= 0.6 is 10.7 Å². The molecular formula is C15H12ClNO5S2. The van der Waals surface area contributed by atoms with Gasteiger partial charge in [-0.1, -0.05) is 18.2 Å². The third-order valence-corrected chi connectivity index (χ3v) is 6.56. The molecule has 0 unspecified atom stereocenters. The Kier molecular flexibility index (Phi) is 4.06. The molecule has 0 amide bonds. The predicted octanol–water partition coefficient (Wildman–Crippen LogP) is 2.81. The zero-order valence-electron chi connectivity index (χ0n) is 12.4. The van der Waals surface area contributed by atoms with Crippen LogP contribution in [-0.4, -0.2) is 27.9 Å². The first-order valence-electron chi connectivity index (χ1n) is 6.69. The molecule has 0 radical (unpaired) electrons. The van der Waals surface area contributed by atoms with Gasteiger partial charge in [0.15, 0.2) is 0 Å². The average molecular weight is 386 g/mol. The third-order valence-electron chi connectivity index (χ3n) is 3.52. The highest BCUT2D eigenvalue weighted by Crippen LogP contribution is 2.31. The van der Waals surface area contributed by atoms with E-state index in [2.05, 4.69) is 0 Å². The molecule has 2 aromatic carbocycles. The summed E-state index contributed by atoms with van der Waals surface area (Å²) in [7, 11) is -1.18. The zero-order chi connectivity index (χ0) is 17.5. The van der Waals surface area contributed by atoms with Gasteiger partial charge in [-0.25, -0.2) is 20.8 Å². The predicted molar refractivity (Wildman–Crippen MR) is 90.6 cm³/mol. The summed E-state index contributed by atoms with van der Waals surface area (Å²) in [6.07, 6.45) is 1.02. The van der Waals surface area contributed by atoms with Gasteiger partial charge in [-0.05, 0) is 30.3 Å². The lowest BCUT2D eigenvalue weighted by Crippen LogP contribution is -2.11. The fourth-order valence-corrected chi connectivity index (χ4v) is 4.85. The average Bonchev–Trinajstić information content (AvgIpc) is 2.95. The summed E-state index contributed by atoms with van der Waals surface area (Å²) in [5, 5.41) is 0.240. The number of hydrogen-bond donors (Lipinski definition) is 0. The van der Waals surface area contributed by atoms with Crippen molar-refractivity contribution >= 4 is 40.7 Å². The van der Waals surface area contributed by atoms with Gasteiger partial charge in [0.2, 0.25) is 0 Å². The molecule has 0 spiro atoms. The molecule has 6 nitrogen and oxygen atoms in total. The van der Waals surface area contributed by atoms with Crippen molar-refractivity contribution in [3.8, 4) is 5.75 Å². The number of aromatic nitrogens is 1. The minimum absolute atomic E-state index is 0.00238. The SMILES string of the molecule is COc1ccc(S(=O)(=O)n2cc(S(=O)(=O)Cl)c3ccccc32)cc1. The molecule has 0 atom stereocenters. The lowest BCUT2D eigenvalue weighted by atomic mass is 10.2. The highest BCUT2D eigenvalue weighted by atomic mass is 35.7. The van der Waals surface area contributed by atoms with Crippen molar-refractivity contribution < 1.29 is 21.6 Å². The van der Waals surface area contributed by atoms with Crippen LogP contribution in [0.2, 0.25) is 0 Å². The van der Waals surface area contributed by atoms with Crippen molar-refractivity contribution in [1.29, 1.82) is 0 Å². The molecular weight excluding hydrogens is 374 g/mol. The van der Waals surface area contributed by atoms with Crippen LogP contribution in [0.15, 0.2) is 64.5 Å². The number of halogens is 1. The minimum Gasteiger partial charge on any atom is -0.497 e. The standard InChI is InChI=1S/C15H12ClNO5S2/c1-22-11-6-8-12(9-7-11)24(20,21)17-10-15(23(16,18)19)13-4-2-3-5-14(13)17/h2-10H,1H3. The van der Waals surface area contributed by atoms with Crippen LogP contribution in [0.4, 0.5) is 0 Å². The van der Waals surface area contributed by atoms with Crippen LogP contribution < -0.4 is 4.74 Å². The second-order valence-electron chi connectivity index (χ2n) is 4.92. The first kappa shape index (κ1) is 16.8. The van der Waals surface area contributed by atoms with E-state index >= 15 is 0 Å². The molecule has 1 aromatic heterocycles. The second kappa shape index (κ2) is 5.80. The van der Waals surface area contributed by atoms with E-state index in [9.17, 15) is 16.8 Å². The molecule has 0 N–H and O–H groups in total. The van der Waals surface area contributed by atoms with Crippen LogP contribution in [0.3, 0.4) is 0 Å². The normalized spacial score (nSPS) is 12.4. The summed E-state index contributed by atoms with van der Waals surface area (Å²) in [5.41, 5.74) is 0.229. The summed E-state index contributed by atoms with van der Waals surface area (Å²) in [5.74, 6) is 0.510. The topological polar surface area (TPSA) is 82.4 Å². The quantitative estimate of drug-likeness (QED) is 0.645. The molecule has 1 heterocycles. The van der Waals surface area contributed by atoms with Crippen molar-refractivity contribution in [1.82, 2.24) is 3.97 Å².